The minimum Gasteiger partial charge on any atom is -0.493 e. The number of hydrogen-bond acceptors (Lipinski definition) is 3. The Morgan fingerprint density at radius 3 is 2.22 bits per heavy atom. The van der Waals surface area contributed by atoms with Gasteiger partial charge in [0.25, 0.3) is 5.91 Å². The van der Waals surface area contributed by atoms with Crippen molar-refractivity contribution in [2.45, 2.75) is 26.8 Å². The van der Waals surface area contributed by atoms with Gasteiger partial charge in [-0.1, -0.05) is 13.8 Å². The summed E-state index contributed by atoms with van der Waals surface area (Å²) in [5.41, 5.74) is 0.570. The van der Waals surface area contributed by atoms with Gasteiger partial charge in [0, 0.05) is 11.6 Å². The normalized spacial score (nSPS) is 12.1. The molecule has 0 aromatic heterocycles. The first kappa shape index (κ1) is 14.4. The summed E-state index contributed by atoms with van der Waals surface area (Å²) in [5, 5.41) is 2.95. The predicted molar refractivity (Wildman–Crippen MR) is 71.3 cm³/mol. The molecular weight excluding hydrogens is 230 g/mol. The summed E-state index contributed by atoms with van der Waals surface area (Å²) < 4.78 is 10.3. The molecule has 0 fully saturated rings. The topological polar surface area (TPSA) is 47.6 Å². The largest absolute Gasteiger partial charge is 0.493 e. The molecule has 1 aromatic carbocycles. The molecule has 0 radical (unpaired) electrons. The second-order valence-corrected chi connectivity index (χ2v) is 4.58. The summed E-state index contributed by atoms with van der Waals surface area (Å²) in [7, 11) is 3.12. The molecule has 1 aromatic rings. The summed E-state index contributed by atoms with van der Waals surface area (Å²) >= 11 is 0. The lowest BCUT2D eigenvalue weighted by Crippen LogP contribution is -2.36. The number of hydrogen-bond donors (Lipinski definition) is 1. The Kier molecular flexibility index (Phi) is 5.01. The smallest absolute Gasteiger partial charge is 0.251 e. The van der Waals surface area contributed by atoms with Gasteiger partial charge in [0.2, 0.25) is 0 Å². The molecule has 0 heterocycles. The highest BCUT2D eigenvalue weighted by Crippen LogP contribution is 2.27. The van der Waals surface area contributed by atoms with Crippen LogP contribution >= 0.6 is 0 Å². The maximum Gasteiger partial charge on any atom is 0.251 e. The van der Waals surface area contributed by atoms with E-state index < -0.39 is 0 Å². The van der Waals surface area contributed by atoms with Gasteiger partial charge in [-0.3, -0.25) is 4.79 Å². The van der Waals surface area contributed by atoms with Crippen LogP contribution in [0.4, 0.5) is 0 Å². The highest BCUT2D eigenvalue weighted by molar-refractivity contribution is 5.95. The second-order valence-electron chi connectivity index (χ2n) is 4.58. The van der Waals surface area contributed by atoms with E-state index in [1.807, 2.05) is 6.92 Å². The van der Waals surface area contributed by atoms with E-state index in [1.54, 1.807) is 32.4 Å². The molecule has 18 heavy (non-hydrogen) atoms. The monoisotopic (exact) mass is 251 g/mol. The number of rotatable bonds is 5. The van der Waals surface area contributed by atoms with E-state index in [-0.39, 0.29) is 11.9 Å². The zero-order valence-electron chi connectivity index (χ0n) is 11.6. The highest BCUT2D eigenvalue weighted by atomic mass is 16.5. The van der Waals surface area contributed by atoms with E-state index in [4.69, 9.17) is 9.47 Å². The fraction of sp³-hybridized carbons (Fsp3) is 0.500. The summed E-state index contributed by atoms with van der Waals surface area (Å²) in [6.07, 6.45) is 0. The van der Waals surface area contributed by atoms with Gasteiger partial charge < -0.3 is 14.8 Å². The van der Waals surface area contributed by atoms with Gasteiger partial charge in [-0.05, 0) is 31.0 Å². The van der Waals surface area contributed by atoms with Gasteiger partial charge in [0.1, 0.15) is 0 Å². The minimum absolute atomic E-state index is 0.0999. The van der Waals surface area contributed by atoms with E-state index >= 15 is 0 Å². The standard InChI is InChI=1S/C14H21NO3/c1-9(2)10(3)15-14(16)11-6-7-12(17-4)13(8-11)18-5/h6-10H,1-5H3,(H,15,16)/t10-/m1/s1. The molecule has 1 atom stereocenters. The number of amides is 1. The lowest BCUT2D eigenvalue weighted by Gasteiger charge is -2.18. The first-order chi connectivity index (χ1) is 8.49. The van der Waals surface area contributed by atoms with Gasteiger partial charge in [-0.25, -0.2) is 0 Å². The van der Waals surface area contributed by atoms with Gasteiger partial charge in [0.05, 0.1) is 14.2 Å². The summed E-state index contributed by atoms with van der Waals surface area (Å²) in [6.45, 7) is 6.13. The Morgan fingerprint density at radius 1 is 1.11 bits per heavy atom. The van der Waals surface area contributed by atoms with Crippen LogP contribution in [0.25, 0.3) is 0 Å². The molecular formula is C14H21NO3. The number of benzene rings is 1. The highest BCUT2D eigenvalue weighted by Gasteiger charge is 2.14. The molecule has 0 aliphatic carbocycles. The number of nitrogens with one attached hydrogen (secondary N) is 1. The van der Waals surface area contributed by atoms with Gasteiger partial charge in [-0.2, -0.15) is 0 Å². The quantitative estimate of drug-likeness (QED) is 0.874. The third-order valence-corrected chi connectivity index (χ3v) is 3.00. The molecule has 0 saturated carbocycles. The fourth-order valence-electron chi connectivity index (χ4n) is 1.43. The zero-order chi connectivity index (χ0) is 13.7. The van der Waals surface area contributed by atoms with Crippen LogP contribution in [0.3, 0.4) is 0 Å². The molecule has 1 amide bonds. The Bertz CT molecular complexity index is 416. The van der Waals surface area contributed by atoms with Crippen LogP contribution in [0.2, 0.25) is 0 Å². The first-order valence-electron chi connectivity index (χ1n) is 6.02. The lowest BCUT2D eigenvalue weighted by molar-refractivity contribution is 0.0930. The van der Waals surface area contributed by atoms with Crippen LogP contribution in [0.15, 0.2) is 18.2 Å². The van der Waals surface area contributed by atoms with Crippen LogP contribution in [0.1, 0.15) is 31.1 Å². The Hall–Kier alpha value is -1.71. The number of carbonyl (C=O) groups excluding carboxylic acids is 1. The second kappa shape index (κ2) is 6.28. The molecule has 1 N–H and O–H groups in total. The number of carbonyl (C=O) groups is 1. The Morgan fingerprint density at radius 2 is 1.72 bits per heavy atom. The number of ether oxygens (including phenoxy) is 2. The molecule has 4 heteroatoms. The average Bonchev–Trinajstić information content (AvgIpc) is 2.37. The van der Waals surface area contributed by atoms with E-state index in [1.165, 1.54) is 0 Å². The maximum atomic E-state index is 12.0. The van der Waals surface area contributed by atoms with Crippen LogP contribution < -0.4 is 14.8 Å². The fourth-order valence-corrected chi connectivity index (χ4v) is 1.43. The van der Waals surface area contributed by atoms with Crippen molar-refractivity contribution in [3.05, 3.63) is 23.8 Å². The minimum atomic E-state index is -0.0999. The molecule has 0 unspecified atom stereocenters. The predicted octanol–water partition coefficient (Wildman–Crippen LogP) is 2.48. The van der Waals surface area contributed by atoms with E-state index in [9.17, 15) is 4.79 Å². The molecule has 4 nitrogen and oxygen atoms in total. The van der Waals surface area contributed by atoms with E-state index in [0.717, 1.165) is 0 Å². The summed E-state index contributed by atoms with van der Waals surface area (Å²) in [4.78, 5) is 12.0. The van der Waals surface area contributed by atoms with Crippen molar-refractivity contribution in [2.24, 2.45) is 5.92 Å². The van der Waals surface area contributed by atoms with Crippen molar-refractivity contribution in [2.75, 3.05) is 14.2 Å². The van der Waals surface area contributed by atoms with Crippen LogP contribution in [-0.4, -0.2) is 26.2 Å². The van der Waals surface area contributed by atoms with Gasteiger partial charge >= 0.3 is 0 Å². The average molecular weight is 251 g/mol. The first-order valence-corrected chi connectivity index (χ1v) is 6.02. The van der Waals surface area contributed by atoms with Crippen molar-refractivity contribution >= 4 is 5.91 Å². The molecule has 0 spiro atoms. The van der Waals surface area contributed by atoms with Crippen molar-refractivity contribution < 1.29 is 14.3 Å². The molecule has 0 bridgehead atoms. The lowest BCUT2D eigenvalue weighted by atomic mass is 10.1. The summed E-state index contributed by atoms with van der Waals surface area (Å²) in [6, 6.07) is 5.27. The van der Waals surface area contributed by atoms with Crippen LogP contribution in [-0.2, 0) is 0 Å². The van der Waals surface area contributed by atoms with Crippen molar-refractivity contribution in [3.8, 4) is 11.5 Å². The number of methoxy groups -OCH3 is 2. The zero-order valence-corrected chi connectivity index (χ0v) is 11.6. The SMILES string of the molecule is COc1ccc(C(=O)N[C@H](C)C(C)C)cc1OC. The Labute approximate surface area is 108 Å². The van der Waals surface area contributed by atoms with Crippen molar-refractivity contribution in [1.29, 1.82) is 0 Å². The summed E-state index contributed by atoms with van der Waals surface area (Å²) in [5.74, 6) is 1.47. The Balaban J connectivity index is 2.87. The molecule has 0 aliphatic rings. The van der Waals surface area contributed by atoms with E-state index in [0.29, 0.717) is 23.0 Å². The third kappa shape index (κ3) is 3.39. The molecule has 100 valence electrons. The maximum absolute atomic E-state index is 12.0. The van der Waals surface area contributed by atoms with E-state index in [2.05, 4.69) is 19.2 Å². The molecule has 0 saturated heterocycles. The van der Waals surface area contributed by atoms with Crippen molar-refractivity contribution in [3.63, 3.8) is 0 Å². The van der Waals surface area contributed by atoms with Crippen LogP contribution in [0.5, 0.6) is 11.5 Å². The molecule has 0 aliphatic heterocycles. The van der Waals surface area contributed by atoms with Gasteiger partial charge in [-0.15, -0.1) is 0 Å². The van der Waals surface area contributed by atoms with Crippen LogP contribution in [0, 0.1) is 5.92 Å². The third-order valence-electron chi connectivity index (χ3n) is 3.00. The van der Waals surface area contributed by atoms with Gasteiger partial charge in [0.15, 0.2) is 11.5 Å². The molecule has 1 rings (SSSR count). The van der Waals surface area contributed by atoms with Crippen molar-refractivity contribution in [1.82, 2.24) is 5.32 Å².